The highest BCUT2D eigenvalue weighted by Crippen LogP contribution is 2.37. The lowest BCUT2D eigenvalue weighted by atomic mass is 10.1. The van der Waals surface area contributed by atoms with Crippen molar-refractivity contribution in [2.24, 2.45) is 0 Å². The van der Waals surface area contributed by atoms with Gasteiger partial charge in [-0.3, -0.25) is 14.5 Å². The van der Waals surface area contributed by atoms with E-state index >= 15 is 0 Å². The van der Waals surface area contributed by atoms with E-state index in [9.17, 15) is 14.0 Å². The van der Waals surface area contributed by atoms with Gasteiger partial charge in [-0.2, -0.15) is 0 Å². The molecule has 2 saturated heterocycles. The fraction of sp³-hybridized carbons (Fsp3) is 0.261. The molecule has 10 heteroatoms. The van der Waals surface area contributed by atoms with Crippen LogP contribution in [0, 0.1) is 5.82 Å². The van der Waals surface area contributed by atoms with Crippen molar-refractivity contribution in [2.45, 2.75) is 0 Å². The van der Waals surface area contributed by atoms with Crippen LogP contribution in [0.25, 0.3) is 6.08 Å². The first-order valence-corrected chi connectivity index (χ1v) is 11.4. The van der Waals surface area contributed by atoms with E-state index in [1.54, 1.807) is 35.2 Å². The third-order valence-electron chi connectivity index (χ3n) is 5.06. The Morgan fingerprint density at radius 2 is 2.00 bits per heavy atom. The Morgan fingerprint density at radius 3 is 2.73 bits per heavy atom. The lowest BCUT2D eigenvalue weighted by Crippen LogP contribution is -2.43. The molecular formula is C23H21FN2O5S2. The summed E-state index contributed by atoms with van der Waals surface area (Å²) >= 11 is 6.47. The van der Waals surface area contributed by atoms with Crippen LogP contribution in [0.2, 0.25) is 0 Å². The van der Waals surface area contributed by atoms with Gasteiger partial charge in [0.25, 0.3) is 11.8 Å². The van der Waals surface area contributed by atoms with Crippen LogP contribution >= 0.6 is 24.0 Å². The van der Waals surface area contributed by atoms with Crippen LogP contribution in [0.1, 0.15) is 5.56 Å². The highest BCUT2D eigenvalue weighted by Gasteiger charge is 2.33. The van der Waals surface area contributed by atoms with Crippen molar-refractivity contribution in [1.82, 2.24) is 4.90 Å². The lowest BCUT2D eigenvalue weighted by molar-refractivity contribution is -0.137. The molecule has 0 unspecified atom stereocenters. The number of carbonyl (C=O) groups is 2. The standard InChI is InChI=1S/C23H21FN2O5S2/c1-29-19-11-15(5-6-18(19)31-14-21(27)25-7-9-30-10-8-25)12-20-22(28)26(23(32)33-20)17-4-2-3-16(24)13-17/h2-6,11-13H,7-10,14H2,1H3/b20-12+. The Morgan fingerprint density at radius 1 is 1.21 bits per heavy atom. The Kier molecular flexibility index (Phi) is 7.26. The highest BCUT2D eigenvalue weighted by molar-refractivity contribution is 8.27. The summed E-state index contributed by atoms with van der Waals surface area (Å²) in [6.45, 7) is 2.03. The molecule has 2 heterocycles. The first kappa shape index (κ1) is 23.2. The number of thioether (sulfide) groups is 1. The van der Waals surface area contributed by atoms with Gasteiger partial charge in [0.1, 0.15) is 5.82 Å². The molecule has 4 rings (SSSR count). The molecule has 0 spiro atoms. The van der Waals surface area contributed by atoms with Gasteiger partial charge in [-0.1, -0.05) is 36.1 Å². The van der Waals surface area contributed by atoms with E-state index in [1.165, 1.54) is 30.2 Å². The van der Waals surface area contributed by atoms with Crippen molar-refractivity contribution in [2.75, 3.05) is 44.9 Å². The molecule has 0 saturated carbocycles. The summed E-state index contributed by atoms with van der Waals surface area (Å²) in [5.74, 6) is -0.0443. The summed E-state index contributed by atoms with van der Waals surface area (Å²) in [7, 11) is 1.50. The van der Waals surface area contributed by atoms with Gasteiger partial charge in [0.15, 0.2) is 22.4 Å². The van der Waals surface area contributed by atoms with E-state index in [2.05, 4.69) is 0 Å². The number of anilines is 1. The molecule has 0 bridgehead atoms. The van der Waals surface area contributed by atoms with Gasteiger partial charge in [0.05, 0.1) is 30.9 Å². The average Bonchev–Trinajstić information content (AvgIpc) is 3.10. The predicted octanol–water partition coefficient (Wildman–Crippen LogP) is 3.48. The molecule has 2 aromatic carbocycles. The third kappa shape index (κ3) is 5.35. The summed E-state index contributed by atoms with van der Waals surface area (Å²) in [6, 6.07) is 10.9. The van der Waals surface area contributed by atoms with E-state index in [1.807, 2.05) is 0 Å². The molecule has 2 fully saturated rings. The molecule has 0 atom stereocenters. The lowest BCUT2D eigenvalue weighted by Gasteiger charge is -2.26. The Balaban J connectivity index is 1.47. The molecule has 7 nitrogen and oxygen atoms in total. The fourth-order valence-electron chi connectivity index (χ4n) is 3.39. The minimum Gasteiger partial charge on any atom is -0.493 e. The van der Waals surface area contributed by atoms with Crippen LogP contribution in [-0.4, -0.2) is 61.1 Å². The van der Waals surface area contributed by atoms with Crippen molar-refractivity contribution in [3.05, 3.63) is 58.8 Å². The molecular weight excluding hydrogens is 467 g/mol. The fourth-order valence-corrected chi connectivity index (χ4v) is 4.69. The zero-order chi connectivity index (χ0) is 23.4. The number of hydrogen-bond acceptors (Lipinski definition) is 7. The van der Waals surface area contributed by atoms with Gasteiger partial charge in [0.2, 0.25) is 0 Å². The number of thiocarbonyl (C=S) groups is 1. The van der Waals surface area contributed by atoms with E-state index in [0.29, 0.717) is 58.3 Å². The number of carbonyl (C=O) groups excluding carboxylic acids is 2. The maximum Gasteiger partial charge on any atom is 0.270 e. The van der Waals surface area contributed by atoms with E-state index in [4.69, 9.17) is 26.4 Å². The summed E-state index contributed by atoms with van der Waals surface area (Å²) in [5.41, 5.74) is 1.07. The second-order valence-electron chi connectivity index (χ2n) is 7.19. The molecule has 2 aliphatic heterocycles. The van der Waals surface area contributed by atoms with Gasteiger partial charge in [-0.15, -0.1) is 0 Å². The number of nitrogens with zero attached hydrogens (tertiary/aromatic N) is 2. The van der Waals surface area contributed by atoms with Gasteiger partial charge in [0, 0.05) is 13.1 Å². The summed E-state index contributed by atoms with van der Waals surface area (Å²) in [4.78, 5) is 28.6. The van der Waals surface area contributed by atoms with E-state index in [0.717, 1.165) is 11.8 Å². The van der Waals surface area contributed by atoms with E-state index in [-0.39, 0.29) is 18.4 Å². The zero-order valence-corrected chi connectivity index (χ0v) is 19.4. The van der Waals surface area contributed by atoms with Crippen molar-refractivity contribution in [3.63, 3.8) is 0 Å². The first-order chi connectivity index (χ1) is 16.0. The molecule has 0 aromatic heterocycles. The molecule has 0 aliphatic carbocycles. The SMILES string of the molecule is COc1cc(/C=C2/SC(=S)N(c3cccc(F)c3)C2=O)ccc1OCC(=O)N1CCOCC1. The van der Waals surface area contributed by atoms with Crippen molar-refractivity contribution < 1.29 is 28.2 Å². The Hall–Kier alpha value is -2.95. The summed E-state index contributed by atoms with van der Waals surface area (Å²) in [6.07, 6.45) is 1.68. The number of morpholine rings is 1. The topological polar surface area (TPSA) is 68.3 Å². The smallest absolute Gasteiger partial charge is 0.270 e. The second kappa shape index (κ2) is 10.3. The maximum absolute atomic E-state index is 13.6. The number of amides is 2. The van der Waals surface area contributed by atoms with Gasteiger partial charge in [-0.25, -0.2) is 4.39 Å². The monoisotopic (exact) mass is 488 g/mol. The number of rotatable bonds is 6. The molecule has 0 radical (unpaired) electrons. The van der Waals surface area contributed by atoms with Crippen molar-refractivity contribution in [3.8, 4) is 11.5 Å². The van der Waals surface area contributed by atoms with Gasteiger partial charge < -0.3 is 19.1 Å². The van der Waals surface area contributed by atoms with Gasteiger partial charge in [-0.05, 0) is 42.0 Å². The number of halogens is 1. The molecule has 2 aromatic rings. The first-order valence-electron chi connectivity index (χ1n) is 10.2. The number of hydrogen-bond donors (Lipinski definition) is 0. The Labute approximate surface area is 200 Å². The maximum atomic E-state index is 13.6. The highest BCUT2D eigenvalue weighted by atomic mass is 32.2. The minimum absolute atomic E-state index is 0.109. The van der Waals surface area contributed by atoms with Crippen LogP contribution in [0.4, 0.5) is 10.1 Å². The number of ether oxygens (including phenoxy) is 3. The van der Waals surface area contributed by atoms with Crippen LogP contribution in [0.3, 0.4) is 0 Å². The molecule has 0 N–H and O–H groups in total. The zero-order valence-electron chi connectivity index (χ0n) is 17.8. The number of benzene rings is 2. The molecule has 2 amide bonds. The normalized spacial score (nSPS) is 17.6. The van der Waals surface area contributed by atoms with Crippen LogP contribution in [0.5, 0.6) is 11.5 Å². The third-order valence-corrected chi connectivity index (χ3v) is 6.36. The summed E-state index contributed by atoms with van der Waals surface area (Å²) < 4.78 is 30.3. The molecule has 33 heavy (non-hydrogen) atoms. The van der Waals surface area contributed by atoms with Crippen molar-refractivity contribution >= 4 is 51.9 Å². The predicted molar refractivity (Wildman–Crippen MR) is 128 cm³/mol. The van der Waals surface area contributed by atoms with E-state index < -0.39 is 5.82 Å². The largest absolute Gasteiger partial charge is 0.493 e. The second-order valence-corrected chi connectivity index (χ2v) is 8.86. The minimum atomic E-state index is -0.446. The van der Waals surface area contributed by atoms with Crippen molar-refractivity contribution in [1.29, 1.82) is 0 Å². The van der Waals surface area contributed by atoms with Crippen LogP contribution in [-0.2, 0) is 14.3 Å². The molecule has 2 aliphatic rings. The molecule has 172 valence electrons. The Bertz CT molecular complexity index is 1120. The van der Waals surface area contributed by atoms with Gasteiger partial charge >= 0.3 is 0 Å². The van der Waals surface area contributed by atoms with Crippen LogP contribution in [0.15, 0.2) is 47.4 Å². The van der Waals surface area contributed by atoms with Crippen LogP contribution < -0.4 is 14.4 Å². The average molecular weight is 489 g/mol. The number of methoxy groups -OCH3 is 1. The summed E-state index contributed by atoms with van der Waals surface area (Å²) in [5, 5.41) is 0. The quantitative estimate of drug-likeness (QED) is 0.456.